The highest BCUT2D eigenvalue weighted by atomic mass is 32.1. The van der Waals surface area contributed by atoms with Crippen LogP contribution >= 0.6 is 11.3 Å². The summed E-state index contributed by atoms with van der Waals surface area (Å²) in [6, 6.07) is 18.1. The largest absolute Gasteiger partial charge is 0.480 e. The Hall–Kier alpha value is -3.75. The smallest absolute Gasteiger partial charge is 0.326 e. The first-order valence-corrected chi connectivity index (χ1v) is 15.3. The second kappa shape index (κ2) is 12.6. The van der Waals surface area contributed by atoms with Crippen molar-refractivity contribution in [2.75, 3.05) is 0 Å². The van der Waals surface area contributed by atoms with Crippen molar-refractivity contribution >= 4 is 34.0 Å². The highest BCUT2D eigenvalue weighted by Crippen LogP contribution is 2.33. The molecule has 0 saturated heterocycles. The summed E-state index contributed by atoms with van der Waals surface area (Å²) in [7, 11) is 0. The van der Waals surface area contributed by atoms with E-state index in [1.54, 1.807) is 18.2 Å². The van der Waals surface area contributed by atoms with Crippen molar-refractivity contribution in [3.63, 3.8) is 0 Å². The molecule has 3 N–H and O–H groups in total. The number of carbonyl (C=O) groups excluding carboxylic acids is 1. The summed E-state index contributed by atoms with van der Waals surface area (Å²) >= 11 is 1.33. The molecule has 1 fully saturated rings. The molecule has 2 aromatic carbocycles. The fourth-order valence-electron chi connectivity index (χ4n) is 5.53. The number of aliphatic hydroxyl groups excluding tert-OH is 1. The Kier molecular flexibility index (Phi) is 8.94. The zero-order valence-electron chi connectivity index (χ0n) is 24.4. The van der Waals surface area contributed by atoms with E-state index in [1.165, 1.54) is 29.7 Å². The highest BCUT2D eigenvalue weighted by Gasteiger charge is 2.25. The van der Waals surface area contributed by atoms with Crippen molar-refractivity contribution in [1.82, 2.24) is 10.3 Å². The van der Waals surface area contributed by atoms with Gasteiger partial charge in [0.25, 0.3) is 5.91 Å². The second-order valence-corrected chi connectivity index (χ2v) is 13.4. The molecule has 0 aliphatic heterocycles. The number of amides is 1. The summed E-state index contributed by atoms with van der Waals surface area (Å²) < 4.78 is 6.22. The van der Waals surface area contributed by atoms with E-state index in [2.05, 4.69) is 38.2 Å². The summed E-state index contributed by atoms with van der Waals surface area (Å²) in [6.07, 6.45) is 5.54. The third-order valence-electron chi connectivity index (χ3n) is 7.91. The molecule has 5 rings (SSSR count). The van der Waals surface area contributed by atoms with E-state index in [1.807, 2.05) is 30.3 Å². The number of carboxylic acids is 1. The normalized spacial score (nSPS) is 14.7. The van der Waals surface area contributed by atoms with Crippen LogP contribution in [0.1, 0.15) is 78.0 Å². The van der Waals surface area contributed by atoms with Crippen molar-refractivity contribution < 1.29 is 24.5 Å². The predicted molar refractivity (Wildman–Crippen MR) is 165 cm³/mol. The van der Waals surface area contributed by atoms with E-state index in [0.29, 0.717) is 11.7 Å². The fourth-order valence-corrected chi connectivity index (χ4v) is 6.45. The number of aliphatic carboxylic acids is 1. The first-order chi connectivity index (χ1) is 20.1. The molecule has 2 aromatic heterocycles. The van der Waals surface area contributed by atoms with Gasteiger partial charge >= 0.3 is 5.97 Å². The quantitative estimate of drug-likeness (QED) is 0.184. The number of carbonyl (C=O) groups is 2. The van der Waals surface area contributed by atoms with Crippen molar-refractivity contribution in [3.8, 4) is 11.5 Å². The van der Waals surface area contributed by atoms with E-state index < -0.39 is 17.9 Å². The van der Waals surface area contributed by atoms with E-state index in [9.17, 15) is 19.8 Å². The van der Waals surface area contributed by atoms with Crippen molar-refractivity contribution in [3.05, 3.63) is 87.4 Å². The number of pyridine rings is 1. The average molecular weight is 587 g/mol. The van der Waals surface area contributed by atoms with Crippen molar-refractivity contribution in [1.29, 1.82) is 0 Å². The lowest BCUT2D eigenvalue weighted by Crippen LogP contribution is -2.42. The van der Waals surface area contributed by atoms with Crippen LogP contribution < -0.4 is 10.1 Å². The van der Waals surface area contributed by atoms with Crippen LogP contribution in [0.5, 0.6) is 11.5 Å². The fraction of sp³-hybridized carbons (Fsp3) is 0.382. The maximum absolute atomic E-state index is 13.4. The molecule has 42 heavy (non-hydrogen) atoms. The number of aliphatic hydroxyl groups is 1. The Labute approximate surface area is 250 Å². The van der Waals surface area contributed by atoms with Gasteiger partial charge in [-0.05, 0) is 71.2 Å². The molecule has 0 bridgehead atoms. The summed E-state index contributed by atoms with van der Waals surface area (Å²) in [4.78, 5) is 31.7. The van der Waals surface area contributed by atoms with Crippen LogP contribution in [0.15, 0.2) is 60.7 Å². The highest BCUT2D eigenvalue weighted by molar-refractivity contribution is 7.11. The Morgan fingerprint density at radius 2 is 1.69 bits per heavy atom. The van der Waals surface area contributed by atoms with Gasteiger partial charge in [-0.25, -0.2) is 9.78 Å². The molecule has 1 atom stereocenters. The standard InChI is InChI=1S/C34H38N2O5S/c1-34(2,3)23-9-12-24(13-10-23)41-25-11-8-22-17-30(35-29(28(22)18-25)16-21-6-4-5-7-21)32(38)36-31(33(39)40)19-26-14-15-27(20-37)42-26/h8-15,17-18,21,31,37H,4-7,16,19-20H2,1-3H3,(H,36,38)(H,39,40). The van der Waals surface area contributed by atoms with Gasteiger partial charge in [0.05, 0.1) is 6.61 Å². The molecular weight excluding hydrogens is 548 g/mol. The Balaban J connectivity index is 1.41. The minimum Gasteiger partial charge on any atom is -0.480 e. The number of thiophene rings is 1. The van der Waals surface area contributed by atoms with Gasteiger partial charge in [0.1, 0.15) is 23.2 Å². The number of fused-ring (bicyclic) bond motifs is 1. The number of hydrogen-bond acceptors (Lipinski definition) is 6. The minimum atomic E-state index is -1.12. The molecule has 1 unspecified atom stereocenters. The first kappa shape index (κ1) is 29.7. The summed E-state index contributed by atoms with van der Waals surface area (Å²) in [5, 5.41) is 23.6. The Morgan fingerprint density at radius 1 is 1.00 bits per heavy atom. The summed E-state index contributed by atoms with van der Waals surface area (Å²) in [6.45, 7) is 6.44. The topological polar surface area (TPSA) is 109 Å². The second-order valence-electron chi connectivity index (χ2n) is 12.2. The zero-order chi connectivity index (χ0) is 29.9. The summed E-state index contributed by atoms with van der Waals surface area (Å²) in [5.41, 5.74) is 2.33. The van der Waals surface area contributed by atoms with Crippen LogP contribution in [-0.2, 0) is 29.7 Å². The lowest BCUT2D eigenvalue weighted by Gasteiger charge is -2.19. The molecule has 7 nitrogen and oxygen atoms in total. The van der Waals surface area contributed by atoms with E-state index >= 15 is 0 Å². The van der Waals surface area contributed by atoms with Gasteiger partial charge in [-0.3, -0.25) is 4.79 Å². The van der Waals surface area contributed by atoms with Crippen LogP contribution in [0, 0.1) is 5.92 Å². The monoisotopic (exact) mass is 586 g/mol. The Bertz CT molecular complexity index is 1570. The predicted octanol–water partition coefficient (Wildman–Crippen LogP) is 7.04. The number of aromatic nitrogens is 1. The van der Waals surface area contributed by atoms with Crippen LogP contribution in [-0.4, -0.2) is 33.1 Å². The number of nitrogens with zero attached hydrogens (tertiary/aromatic N) is 1. The average Bonchev–Trinajstić information content (AvgIpc) is 3.64. The number of carboxylic acid groups (broad SMARTS) is 1. The van der Waals surface area contributed by atoms with Crippen molar-refractivity contribution in [2.45, 2.75) is 77.4 Å². The third-order valence-corrected chi connectivity index (χ3v) is 9.00. The van der Waals surface area contributed by atoms with Gasteiger partial charge < -0.3 is 20.3 Å². The van der Waals surface area contributed by atoms with Gasteiger partial charge in [0.2, 0.25) is 0 Å². The van der Waals surface area contributed by atoms with E-state index in [-0.39, 0.29) is 24.1 Å². The van der Waals surface area contributed by atoms with Crippen LogP contribution in [0.2, 0.25) is 0 Å². The number of nitrogens with one attached hydrogen (secondary N) is 1. The van der Waals surface area contributed by atoms with Gasteiger partial charge in [-0.2, -0.15) is 0 Å². The molecular formula is C34H38N2O5S. The van der Waals surface area contributed by atoms with Crippen molar-refractivity contribution in [2.24, 2.45) is 5.92 Å². The number of rotatable bonds is 10. The van der Waals surface area contributed by atoms with Gasteiger partial charge in [-0.1, -0.05) is 64.7 Å². The molecule has 4 aromatic rings. The molecule has 2 heterocycles. The molecule has 1 saturated carbocycles. The lowest BCUT2D eigenvalue weighted by atomic mass is 9.87. The maximum Gasteiger partial charge on any atom is 0.326 e. The molecule has 0 radical (unpaired) electrons. The molecule has 1 amide bonds. The lowest BCUT2D eigenvalue weighted by molar-refractivity contribution is -0.139. The molecule has 0 spiro atoms. The van der Waals surface area contributed by atoms with Gasteiger partial charge in [0.15, 0.2) is 0 Å². The van der Waals surface area contributed by atoms with Crippen LogP contribution in [0.3, 0.4) is 0 Å². The SMILES string of the molecule is CC(C)(C)c1ccc(Oc2ccc3cc(C(=O)NC(Cc4ccc(CO)s4)C(=O)O)nc(CC4CCCC4)c3c2)cc1. The van der Waals surface area contributed by atoms with Gasteiger partial charge in [0, 0.05) is 27.3 Å². The molecule has 1 aliphatic rings. The maximum atomic E-state index is 13.4. The number of benzene rings is 2. The van der Waals surface area contributed by atoms with E-state index in [0.717, 1.165) is 51.2 Å². The first-order valence-electron chi connectivity index (χ1n) is 14.5. The van der Waals surface area contributed by atoms with E-state index in [4.69, 9.17) is 9.72 Å². The molecule has 8 heteroatoms. The molecule has 1 aliphatic carbocycles. The number of ether oxygens (including phenoxy) is 1. The Morgan fingerprint density at radius 3 is 2.33 bits per heavy atom. The molecule has 220 valence electrons. The van der Waals surface area contributed by atoms with Crippen LogP contribution in [0.4, 0.5) is 0 Å². The summed E-state index contributed by atoms with van der Waals surface area (Å²) in [5.74, 6) is 0.309. The van der Waals surface area contributed by atoms with Gasteiger partial charge in [-0.15, -0.1) is 11.3 Å². The zero-order valence-corrected chi connectivity index (χ0v) is 25.2. The third kappa shape index (κ3) is 7.17. The minimum absolute atomic E-state index is 0.0597. The van der Waals surface area contributed by atoms with Crippen LogP contribution in [0.25, 0.3) is 10.8 Å². The number of hydrogen-bond donors (Lipinski definition) is 3.